The molecule has 22 heavy (non-hydrogen) atoms. The third-order valence-corrected chi connectivity index (χ3v) is 3.54. The second kappa shape index (κ2) is 7.22. The summed E-state index contributed by atoms with van der Waals surface area (Å²) in [6, 6.07) is 8.68. The van der Waals surface area contributed by atoms with Crippen LogP contribution in [0.4, 0.5) is 11.4 Å². The van der Waals surface area contributed by atoms with Gasteiger partial charge in [-0.05, 0) is 37.1 Å². The normalized spacial score (nSPS) is 15.1. The number of carbonyl (C=O) groups is 1. The predicted molar refractivity (Wildman–Crippen MR) is 85.6 cm³/mol. The van der Waals surface area contributed by atoms with Crippen molar-refractivity contribution in [2.45, 2.75) is 25.7 Å². The van der Waals surface area contributed by atoms with E-state index >= 15 is 0 Å². The lowest BCUT2D eigenvalue weighted by atomic mass is 10.1. The molecule has 0 saturated heterocycles. The van der Waals surface area contributed by atoms with E-state index < -0.39 is 5.84 Å². The van der Waals surface area contributed by atoms with E-state index in [0.29, 0.717) is 5.69 Å². The summed E-state index contributed by atoms with van der Waals surface area (Å²) >= 11 is 0. The highest BCUT2D eigenvalue weighted by Gasteiger charge is 2.22. The number of rotatable bonds is 5. The Morgan fingerprint density at radius 3 is 2.41 bits per heavy atom. The summed E-state index contributed by atoms with van der Waals surface area (Å²) in [5, 5.41) is 22.5. The standard InChI is InChI=1S/C15H18N6O/c16-9-13(14(17)18)21-20-12-7-5-11(6-8-12)19-15(22)10-3-1-2-4-10/h5-8,10,20H,1-4H2,(H3,17,18)(H,19,22)/b21-13+. The number of amides is 1. The molecule has 5 N–H and O–H groups in total. The second-order valence-corrected chi connectivity index (χ2v) is 5.15. The van der Waals surface area contributed by atoms with E-state index in [-0.39, 0.29) is 17.5 Å². The summed E-state index contributed by atoms with van der Waals surface area (Å²) in [6.07, 6.45) is 4.16. The molecule has 114 valence electrons. The molecule has 1 aliphatic rings. The first-order chi connectivity index (χ1) is 10.6. The Balaban J connectivity index is 1.94. The van der Waals surface area contributed by atoms with Crippen molar-refractivity contribution in [3.05, 3.63) is 24.3 Å². The Kier molecular flexibility index (Phi) is 5.09. The third kappa shape index (κ3) is 4.06. The van der Waals surface area contributed by atoms with Crippen LogP contribution in [0.15, 0.2) is 29.4 Å². The average Bonchev–Trinajstić information content (AvgIpc) is 3.03. The predicted octanol–water partition coefficient (Wildman–Crippen LogP) is 2.04. The van der Waals surface area contributed by atoms with E-state index in [1.165, 1.54) is 0 Å². The first-order valence-corrected chi connectivity index (χ1v) is 7.09. The van der Waals surface area contributed by atoms with E-state index in [9.17, 15) is 4.79 Å². The lowest BCUT2D eigenvalue weighted by Gasteiger charge is -2.10. The summed E-state index contributed by atoms with van der Waals surface area (Å²) < 4.78 is 0. The molecular weight excluding hydrogens is 280 g/mol. The number of hydrogen-bond donors (Lipinski definition) is 4. The molecule has 0 bridgehead atoms. The highest BCUT2D eigenvalue weighted by atomic mass is 16.1. The van der Waals surface area contributed by atoms with Crippen LogP contribution in [0.5, 0.6) is 0 Å². The summed E-state index contributed by atoms with van der Waals surface area (Å²) in [5.41, 5.74) is 9.01. The lowest BCUT2D eigenvalue weighted by molar-refractivity contribution is -0.119. The number of nitrogens with one attached hydrogen (secondary N) is 3. The molecule has 1 saturated carbocycles. The van der Waals surface area contributed by atoms with Crippen molar-refractivity contribution in [2.24, 2.45) is 16.8 Å². The highest BCUT2D eigenvalue weighted by molar-refractivity contribution is 6.45. The lowest BCUT2D eigenvalue weighted by Crippen LogP contribution is -2.21. The quantitative estimate of drug-likeness (QED) is 0.377. The van der Waals surface area contributed by atoms with Gasteiger partial charge in [0.25, 0.3) is 0 Å². The molecule has 0 atom stereocenters. The number of nitrogens with zero attached hydrogens (tertiary/aromatic N) is 2. The molecule has 1 aromatic rings. The Morgan fingerprint density at radius 1 is 1.27 bits per heavy atom. The van der Waals surface area contributed by atoms with Crippen molar-refractivity contribution in [3.8, 4) is 6.07 Å². The first-order valence-electron chi connectivity index (χ1n) is 7.09. The van der Waals surface area contributed by atoms with Gasteiger partial charge in [-0.2, -0.15) is 10.4 Å². The molecule has 0 radical (unpaired) electrons. The van der Waals surface area contributed by atoms with Crippen LogP contribution in [0.2, 0.25) is 0 Å². The number of carbonyl (C=O) groups excluding carboxylic acids is 1. The van der Waals surface area contributed by atoms with Crippen LogP contribution in [-0.2, 0) is 4.79 Å². The van der Waals surface area contributed by atoms with E-state index in [4.69, 9.17) is 16.4 Å². The number of amidine groups is 1. The molecule has 0 aromatic heterocycles. The van der Waals surface area contributed by atoms with Crippen LogP contribution in [0.25, 0.3) is 0 Å². The maximum absolute atomic E-state index is 12.0. The molecular formula is C15H18N6O. The van der Waals surface area contributed by atoms with Crippen molar-refractivity contribution < 1.29 is 4.79 Å². The Bertz CT molecular complexity index is 622. The number of hydrogen-bond acceptors (Lipinski definition) is 5. The van der Waals surface area contributed by atoms with Crippen LogP contribution in [0, 0.1) is 22.7 Å². The minimum Gasteiger partial charge on any atom is -0.382 e. The van der Waals surface area contributed by atoms with Crippen molar-refractivity contribution in [3.63, 3.8) is 0 Å². The molecule has 0 heterocycles. The fraction of sp³-hybridized carbons (Fsp3) is 0.333. The molecule has 1 fully saturated rings. The molecule has 7 nitrogen and oxygen atoms in total. The van der Waals surface area contributed by atoms with Gasteiger partial charge in [-0.3, -0.25) is 15.6 Å². The maximum Gasteiger partial charge on any atom is 0.227 e. The number of hydrazone groups is 1. The van der Waals surface area contributed by atoms with Crippen molar-refractivity contribution >= 4 is 28.8 Å². The summed E-state index contributed by atoms with van der Waals surface area (Å²) in [4.78, 5) is 12.0. The number of anilines is 2. The van der Waals surface area contributed by atoms with Crippen LogP contribution >= 0.6 is 0 Å². The van der Waals surface area contributed by atoms with Gasteiger partial charge in [0.15, 0.2) is 5.84 Å². The van der Waals surface area contributed by atoms with Gasteiger partial charge in [0.1, 0.15) is 6.07 Å². The highest BCUT2D eigenvalue weighted by Crippen LogP contribution is 2.26. The van der Waals surface area contributed by atoms with Gasteiger partial charge in [-0.15, -0.1) is 0 Å². The molecule has 1 aromatic carbocycles. The molecule has 2 rings (SSSR count). The van der Waals surface area contributed by atoms with Gasteiger partial charge in [0.2, 0.25) is 11.6 Å². The summed E-state index contributed by atoms with van der Waals surface area (Å²) in [5.74, 6) is -0.203. The van der Waals surface area contributed by atoms with Gasteiger partial charge in [-0.1, -0.05) is 12.8 Å². The molecule has 0 aliphatic heterocycles. The number of nitriles is 1. The largest absolute Gasteiger partial charge is 0.382 e. The summed E-state index contributed by atoms with van der Waals surface area (Å²) in [7, 11) is 0. The zero-order chi connectivity index (χ0) is 15.9. The topological polar surface area (TPSA) is 127 Å². The van der Waals surface area contributed by atoms with E-state index in [2.05, 4.69) is 15.8 Å². The van der Waals surface area contributed by atoms with Crippen molar-refractivity contribution in [2.75, 3.05) is 10.7 Å². The fourth-order valence-corrected chi connectivity index (χ4v) is 2.33. The van der Waals surface area contributed by atoms with Crippen LogP contribution < -0.4 is 16.5 Å². The zero-order valence-corrected chi connectivity index (χ0v) is 12.1. The third-order valence-electron chi connectivity index (χ3n) is 3.54. The number of benzene rings is 1. The van der Waals surface area contributed by atoms with Crippen LogP contribution in [0.1, 0.15) is 25.7 Å². The molecule has 1 amide bonds. The fourth-order valence-electron chi connectivity index (χ4n) is 2.33. The molecule has 1 aliphatic carbocycles. The number of nitrogens with two attached hydrogens (primary N) is 1. The van der Waals surface area contributed by atoms with E-state index in [0.717, 1.165) is 31.4 Å². The Morgan fingerprint density at radius 2 is 1.86 bits per heavy atom. The van der Waals surface area contributed by atoms with Gasteiger partial charge < -0.3 is 11.1 Å². The smallest absolute Gasteiger partial charge is 0.227 e. The zero-order valence-electron chi connectivity index (χ0n) is 12.1. The monoisotopic (exact) mass is 298 g/mol. The first kappa shape index (κ1) is 15.5. The van der Waals surface area contributed by atoms with Crippen LogP contribution in [-0.4, -0.2) is 17.5 Å². The van der Waals surface area contributed by atoms with E-state index in [1.807, 2.05) is 0 Å². The van der Waals surface area contributed by atoms with Gasteiger partial charge >= 0.3 is 0 Å². The Hall–Kier alpha value is -2.88. The van der Waals surface area contributed by atoms with Gasteiger partial charge in [0, 0.05) is 11.6 Å². The van der Waals surface area contributed by atoms with Crippen molar-refractivity contribution in [1.82, 2.24) is 0 Å². The molecule has 0 unspecified atom stereocenters. The van der Waals surface area contributed by atoms with Crippen LogP contribution in [0.3, 0.4) is 0 Å². The van der Waals surface area contributed by atoms with Crippen molar-refractivity contribution in [1.29, 1.82) is 10.7 Å². The van der Waals surface area contributed by atoms with Gasteiger partial charge in [0.05, 0.1) is 5.69 Å². The average molecular weight is 298 g/mol. The summed E-state index contributed by atoms with van der Waals surface area (Å²) in [6.45, 7) is 0. The minimum atomic E-state index is -0.393. The van der Waals surface area contributed by atoms with Gasteiger partial charge in [-0.25, -0.2) is 0 Å². The molecule has 0 spiro atoms. The second-order valence-electron chi connectivity index (χ2n) is 5.15. The maximum atomic E-state index is 12.0. The SMILES string of the molecule is N#C/C(=N\Nc1ccc(NC(=O)C2CCCC2)cc1)C(=N)N. The minimum absolute atomic E-state index is 0.0691. The molecule has 7 heteroatoms. The Labute approximate surface area is 128 Å². The van der Waals surface area contributed by atoms with E-state index in [1.54, 1.807) is 30.3 Å².